The number of ketones is 1. The number of ether oxygens (including phenoxy) is 1. The Kier molecular flexibility index (Phi) is 4.30. The van der Waals surface area contributed by atoms with Crippen molar-refractivity contribution in [3.05, 3.63) is 42.1 Å². The quantitative estimate of drug-likeness (QED) is 0.796. The normalized spacial score (nSPS) is 17.8. The zero-order chi connectivity index (χ0) is 14.7. The molecular weight excluding hydrogens is 262 g/mol. The van der Waals surface area contributed by atoms with Gasteiger partial charge >= 0.3 is 0 Å². The fourth-order valence-corrected chi connectivity index (χ4v) is 3.41. The predicted molar refractivity (Wildman–Crippen MR) is 83.4 cm³/mol. The van der Waals surface area contributed by atoms with Crippen LogP contribution in [0.5, 0.6) is 0 Å². The minimum absolute atomic E-state index is 0.0775. The van der Waals surface area contributed by atoms with Gasteiger partial charge in [0.05, 0.1) is 5.52 Å². The molecule has 0 radical (unpaired) electrons. The van der Waals surface area contributed by atoms with Crippen molar-refractivity contribution in [1.29, 1.82) is 0 Å². The Morgan fingerprint density at radius 2 is 1.95 bits per heavy atom. The van der Waals surface area contributed by atoms with Crippen molar-refractivity contribution in [3.63, 3.8) is 0 Å². The SMILES string of the molecule is COC(C(=O)c1cccc2cccnc12)C1CCCCC1. The maximum Gasteiger partial charge on any atom is 0.194 e. The zero-order valence-corrected chi connectivity index (χ0v) is 12.4. The van der Waals surface area contributed by atoms with Crippen LogP contribution in [0.1, 0.15) is 42.5 Å². The van der Waals surface area contributed by atoms with Gasteiger partial charge in [-0.1, -0.05) is 37.5 Å². The van der Waals surface area contributed by atoms with Crippen LogP contribution in [0.25, 0.3) is 10.9 Å². The molecule has 1 saturated carbocycles. The number of methoxy groups -OCH3 is 1. The van der Waals surface area contributed by atoms with Gasteiger partial charge < -0.3 is 4.74 Å². The first kappa shape index (κ1) is 14.2. The number of Topliss-reactive ketones (excluding diaryl/α,β-unsaturated/α-hetero) is 1. The lowest BCUT2D eigenvalue weighted by molar-refractivity contribution is 0.0315. The number of aromatic nitrogens is 1. The van der Waals surface area contributed by atoms with Gasteiger partial charge in [-0.3, -0.25) is 9.78 Å². The number of carbonyl (C=O) groups is 1. The molecule has 2 aromatic rings. The van der Waals surface area contributed by atoms with Crippen molar-refractivity contribution in [3.8, 4) is 0 Å². The van der Waals surface area contributed by atoms with Crippen LogP contribution >= 0.6 is 0 Å². The summed E-state index contributed by atoms with van der Waals surface area (Å²) in [5.74, 6) is 0.420. The van der Waals surface area contributed by atoms with E-state index in [9.17, 15) is 4.79 Å². The van der Waals surface area contributed by atoms with Gasteiger partial charge in [-0.2, -0.15) is 0 Å². The molecule has 0 N–H and O–H groups in total. The molecule has 1 heterocycles. The topological polar surface area (TPSA) is 39.2 Å². The highest BCUT2D eigenvalue weighted by molar-refractivity contribution is 6.08. The fraction of sp³-hybridized carbons (Fsp3) is 0.444. The maximum atomic E-state index is 12.9. The van der Waals surface area contributed by atoms with Gasteiger partial charge in [0.15, 0.2) is 5.78 Å². The van der Waals surface area contributed by atoms with E-state index in [1.807, 2.05) is 30.3 Å². The van der Waals surface area contributed by atoms with Gasteiger partial charge in [0.25, 0.3) is 0 Å². The fourth-order valence-electron chi connectivity index (χ4n) is 3.41. The van der Waals surface area contributed by atoms with Crippen LogP contribution in [-0.4, -0.2) is 24.0 Å². The summed E-state index contributed by atoms with van der Waals surface area (Å²) in [6, 6.07) is 9.66. The van der Waals surface area contributed by atoms with Crippen molar-refractivity contribution in [2.75, 3.05) is 7.11 Å². The summed E-state index contributed by atoms with van der Waals surface area (Å²) >= 11 is 0. The molecule has 0 bridgehead atoms. The highest BCUT2D eigenvalue weighted by atomic mass is 16.5. The minimum Gasteiger partial charge on any atom is -0.373 e. The summed E-state index contributed by atoms with van der Waals surface area (Å²) in [6.07, 6.45) is 7.25. The molecule has 0 amide bonds. The number of carbonyl (C=O) groups excluding carboxylic acids is 1. The highest BCUT2D eigenvalue weighted by Crippen LogP contribution is 2.30. The van der Waals surface area contributed by atoms with Gasteiger partial charge in [0.1, 0.15) is 6.10 Å². The summed E-state index contributed by atoms with van der Waals surface area (Å²) in [6.45, 7) is 0. The first-order valence-corrected chi connectivity index (χ1v) is 7.72. The van der Waals surface area contributed by atoms with Crippen LogP contribution < -0.4 is 0 Å². The lowest BCUT2D eigenvalue weighted by Gasteiger charge is -2.28. The number of benzene rings is 1. The molecular formula is C18H21NO2. The Morgan fingerprint density at radius 1 is 1.19 bits per heavy atom. The standard InChI is InChI=1S/C18H21NO2/c1-21-18(14-7-3-2-4-8-14)17(20)15-11-5-9-13-10-6-12-19-16(13)15/h5-6,9-12,14,18H,2-4,7-8H2,1H3. The van der Waals surface area contributed by atoms with Crippen LogP contribution in [0.3, 0.4) is 0 Å². The summed E-state index contributed by atoms with van der Waals surface area (Å²) in [5.41, 5.74) is 1.47. The van der Waals surface area contributed by atoms with Crippen LogP contribution in [-0.2, 0) is 4.74 Å². The molecule has 21 heavy (non-hydrogen) atoms. The van der Waals surface area contributed by atoms with Gasteiger partial charge in [0.2, 0.25) is 0 Å². The average Bonchev–Trinajstić information content (AvgIpc) is 2.56. The molecule has 3 nitrogen and oxygen atoms in total. The molecule has 1 atom stereocenters. The van der Waals surface area contributed by atoms with E-state index < -0.39 is 0 Å². The molecule has 0 spiro atoms. The van der Waals surface area contributed by atoms with E-state index in [1.165, 1.54) is 19.3 Å². The van der Waals surface area contributed by atoms with Crippen LogP contribution in [0.4, 0.5) is 0 Å². The Morgan fingerprint density at radius 3 is 2.71 bits per heavy atom. The predicted octanol–water partition coefficient (Wildman–Crippen LogP) is 4.01. The van der Waals surface area contributed by atoms with Gasteiger partial charge in [-0.05, 0) is 30.9 Å². The monoisotopic (exact) mass is 283 g/mol. The van der Waals surface area contributed by atoms with Gasteiger partial charge in [0, 0.05) is 24.3 Å². The van der Waals surface area contributed by atoms with E-state index >= 15 is 0 Å². The molecule has 1 aromatic carbocycles. The smallest absolute Gasteiger partial charge is 0.194 e. The molecule has 3 rings (SSSR count). The first-order chi connectivity index (χ1) is 10.3. The van der Waals surface area contributed by atoms with E-state index in [4.69, 9.17) is 4.74 Å². The molecule has 0 aliphatic heterocycles. The number of fused-ring (bicyclic) bond motifs is 1. The summed E-state index contributed by atoms with van der Waals surface area (Å²) in [5, 5.41) is 1.00. The zero-order valence-electron chi connectivity index (χ0n) is 12.4. The van der Waals surface area contributed by atoms with E-state index in [0.717, 1.165) is 23.7 Å². The first-order valence-electron chi connectivity index (χ1n) is 7.72. The summed E-state index contributed by atoms with van der Waals surface area (Å²) < 4.78 is 5.58. The second-order valence-electron chi connectivity index (χ2n) is 5.80. The molecule has 1 fully saturated rings. The van der Waals surface area contributed by atoms with Crippen molar-refractivity contribution >= 4 is 16.7 Å². The lowest BCUT2D eigenvalue weighted by Crippen LogP contribution is -2.33. The number of hydrogen-bond donors (Lipinski definition) is 0. The Hall–Kier alpha value is -1.74. The second kappa shape index (κ2) is 6.35. The van der Waals surface area contributed by atoms with Gasteiger partial charge in [-0.25, -0.2) is 0 Å². The molecule has 1 unspecified atom stereocenters. The number of hydrogen-bond acceptors (Lipinski definition) is 3. The third-order valence-corrected chi connectivity index (χ3v) is 4.49. The van der Waals surface area contributed by atoms with E-state index in [2.05, 4.69) is 4.98 Å². The van der Waals surface area contributed by atoms with E-state index in [-0.39, 0.29) is 11.9 Å². The van der Waals surface area contributed by atoms with Crippen LogP contribution in [0.2, 0.25) is 0 Å². The lowest BCUT2D eigenvalue weighted by atomic mass is 9.82. The molecule has 3 heteroatoms. The number of nitrogens with zero attached hydrogens (tertiary/aromatic N) is 1. The number of para-hydroxylation sites is 1. The summed E-state index contributed by atoms with van der Waals surface area (Å²) in [7, 11) is 1.65. The number of rotatable bonds is 4. The second-order valence-corrected chi connectivity index (χ2v) is 5.80. The van der Waals surface area contributed by atoms with Gasteiger partial charge in [-0.15, -0.1) is 0 Å². The third-order valence-electron chi connectivity index (χ3n) is 4.49. The summed E-state index contributed by atoms with van der Waals surface area (Å²) in [4.78, 5) is 17.3. The molecule has 110 valence electrons. The Bertz CT molecular complexity index is 627. The molecule has 1 aromatic heterocycles. The Balaban J connectivity index is 1.94. The Labute approximate surface area is 125 Å². The largest absolute Gasteiger partial charge is 0.373 e. The van der Waals surface area contributed by atoms with E-state index in [0.29, 0.717) is 11.5 Å². The molecule has 1 aliphatic rings. The van der Waals surface area contributed by atoms with Crippen molar-refractivity contribution < 1.29 is 9.53 Å². The maximum absolute atomic E-state index is 12.9. The molecule has 0 saturated heterocycles. The third kappa shape index (κ3) is 2.84. The molecule has 1 aliphatic carbocycles. The van der Waals surface area contributed by atoms with Crippen molar-refractivity contribution in [2.24, 2.45) is 5.92 Å². The average molecular weight is 283 g/mol. The van der Waals surface area contributed by atoms with Crippen LogP contribution in [0.15, 0.2) is 36.5 Å². The number of pyridine rings is 1. The van der Waals surface area contributed by atoms with E-state index in [1.54, 1.807) is 13.3 Å². The van der Waals surface area contributed by atoms with Crippen molar-refractivity contribution in [1.82, 2.24) is 4.98 Å². The van der Waals surface area contributed by atoms with Crippen molar-refractivity contribution in [2.45, 2.75) is 38.2 Å². The van der Waals surface area contributed by atoms with Crippen LogP contribution in [0, 0.1) is 5.92 Å². The minimum atomic E-state index is -0.335. The highest BCUT2D eigenvalue weighted by Gasteiger charge is 2.31.